The second-order valence-corrected chi connectivity index (χ2v) is 9.02. The van der Waals surface area contributed by atoms with Gasteiger partial charge >= 0.3 is 0 Å². The molecule has 2 aromatic rings. The lowest BCUT2D eigenvalue weighted by Crippen LogP contribution is -2.28. The zero-order valence-corrected chi connectivity index (χ0v) is 16.7. The number of nitrogen functional groups attached to an aromatic ring is 1. The molecule has 2 heterocycles. The number of aryl methyl sites for hydroxylation is 1. The Morgan fingerprint density at radius 1 is 1.26 bits per heavy atom. The average Bonchev–Trinajstić information content (AvgIpc) is 3.30. The minimum absolute atomic E-state index is 0.188. The van der Waals surface area contributed by atoms with Gasteiger partial charge in [-0.25, -0.2) is 13.8 Å². The lowest BCUT2D eigenvalue weighted by molar-refractivity contribution is 0.0954. The van der Waals surface area contributed by atoms with Crippen molar-refractivity contribution < 1.29 is 13.2 Å². The number of sulfonamides is 1. The Hall–Kier alpha value is -2.30. The van der Waals surface area contributed by atoms with Crippen LogP contribution in [0.5, 0.6) is 0 Å². The van der Waals surface area contributed by atoms with E-state index in [0.717, 1.165) is 18.5 Å². The van der Waals surface area contributed by atoms with Crippen LogP contribution in [0.2, 0.25) is 0 Å². The van der Waals surface area contributed by atoms with E-state index in [2.05, 4.69) is 14.9 Å². The zero-order chi connectivity index (χ0) is 19.6. The summed E-state index contributed by atoms with van der Waals surface area (Å²) >= 11 is 1.18. The van der Waals surface area contributed by atoms with E-state index >= 15 is 0 Å². The van der Waals surface area contributed by atoms with Crippen molar-refractivity contribution in [3.8, 4) is 0 Å². The molecule has 1 aliphatic rings. The van der Waals surface area contributed by atoms with Gasteiger partial charge in [-0.1, -0.05) is 0 Å². The largest absolute Gasteiger partial charge is 0.389 e. The molecule has 1 aromatic carbocycles. The number of rotatable bonds is 5. The van der Waals surface area contributed by atoms with Gasteiger partial charge in [0.1, 0.15) is 5.00 Å². The van der Waals surface area contributed by atoms with E-state index in [9.17, 15) is 13.2 Å². The van der Waals surface area contributed by atoms with Gasteiger partial charge in [-0.05, 0) is 62.5 Å². The van der Waals surface area contributed by atoms with E-state index in [1.54, 1.807) is 6.92 Å². The van der Waals surface area contributed by atoms with Crippen molar-refractivity contribution in [3.05, 3.63) is 41.1 Å². The van der Waals surface area contributed by atoms with Crippen molar-refractivity contribution in [2.24, 2.45) is 5.10 Å². The van der Waals surface area contributed by atoms with E-state index in [0.29, 0.717) is 34.9 Å². The lowest BCUT2D eigenvalue weighted by atomic mass is 10.2. The third kappa shape index (κ3) is 4.02. The van der Waals surface area contributed by atoms with Crippen LogP contribution in [0.1, 0.15) is 41.4 Å². The molecule has 0 saturated carbocycles. The molecule has 0 aliphatic carbocycles. The third-order valence-electron chi connectivity index (χ3n) is 4.40. The SMILES string of the molecule is C/C(=N/NC(=O)c1ccc(S(=O)(=O)N2CCCC2)cc1)c1c(C)nsc1N. The standard InChI is InChI=1S/C17H21N5O3S2/c1-11(15-12(2)21-26-16(15)18)19-20-17(23)13-5-7-14(8-6-13)27(24,25)22-9-3-4-10-22/h5-8H,3-4,9-10,18H2,1-2H3,(H,20,23)/b19-11-. The smallest absolute Gasteiger partial charge is 0.271 e. The van der Waals surface area contributed by atoms with Gasteiger partial charge in [0.2, 0.25) is 10.0 Å². The molecule has 3 rings (SSSR count). The molecular formula is C17H21N5O3S2. The molecule has 1 aliphatic heterocycles. The predicted octanol–water partition coefficient (Wildman–Crippen LogP) is 1.97. The summed E-state index contributed by atoms with van der Waals surface area (Å²) in [7, 11) is -3.49. The Morgan fingerprint density at radius 2 is 1.89 bits per heavy atom. The van der Waals surface area contributed by atoms with Crippen LogP contribution < -0.4 is 11.2 Å². The van der Waals surface area contributed by atoms with Gasteiger partial charge < -0.3 is 5.73 Å². The van der Waals surface area contributed by atoms with Crippen LogP contribution in [0.15, 0.2) is 34.3 Å². The Bertz CT molecular complexity index is 955. The highest BCUT2D eigenvalue weighted by Crippen LogP contribution is 2.22. The van der Waals surface area contributed by atoms with Gasteiger partial charge in [0, 0.05) is 18.7 Å². The number of nitrogens with zero attached hydrogens (tertiary/aromatic N) is 3. The first kappa shape index (κ1) is 19.5. The van der Waals surface area contributed by atoms with E-state index in [1.165, 1.54) is 40.1 Å². The summed E-state index contributed by atoms with van der Waals surface area (Å²) in [6.07, 6.45) is 1.75. The highest BCUT2D eigenvalue weighted by molar-refractivity contribution is 7.89. The van der Waals surface area contributed by atoms with E-state index < -0.39 is 15.9 Å². The van der Waals surface area contributed by atoms with Gasteiger partial charge in [0.05, 0.1) is 21.9 Å². The number of nitrogens with one attached hydrogen (secondary N) is 1. The molecule has 0 bridgehead atoms. The van der Waals surface area contributed by atoms with E-state index in [-0.39, 0.29) is 4.90 Å². The van der Waals surface area contributed by atoms with E-state index in [1.807, 2.05) is 6.92 Å². The molecule has 27 heavy (non-hydrogen) atoms. The van der Waals surface area contributed by atoms with Crippen molar-refractivity contribution in [2.75, 3.05) is 18.8 Å². The molecule has 8 nitrogen and oxygen atoms in total. The van der Waals surface area contributed by atoms with Crippen LogP contribution in [-0.2, 0) is 10.0 Å². The van der Waals surface area contributed by atoms with Crippen LogP contribution in [-0.4, -0.2) is 41.8 Å². The fraction of sp³-hybridized carbons (Fsp3) is 0.353. The molecule has 1 fully saturated rings. The normalized spacial score (nSPS) is 15.9. The number of hydrazone groups is 1. The zero-order valence-electron chi connectivity index (χ0n) is 15.1. The number of hydrogen-bond donors (Lipinski definition) is 2. The maximum atomic E-state index is 12.5. The van der Waals surface area contributed by atoms with E-state index in [4.69, 9.17) is 5.73 Å². The highest BCUT2D eigenvalue weighted by atomic mass is 32.2. The summed E-state index contributed by atoms with van der Waals surface area (Å²) in [5.41, 5.74) is 10.7. The van der Waals surface area contributed by atoms with Crippen LogP contribution in [0.25, 0.3) is 0 Å². The van der Waals surface area contributed by atoms with Gasteiger partial charge in [-0.2, -0.15) is 13.8 Å². The van der Waals surface area contributed by atoms with Crippen molar-refractivity contribution in [2.45, 2.75) is 31.6 Å². The molecule has 0 spiro atoms. The molecule has 10 heteroatoms. The Balaban J connectivity index is 1.72. The molecular weight excluding hydrogens is 386 g/mol. The number of anilines is 1. The van der Waals surface area contributed by atoms with Crippen LogP contribution in [0.4, 0.5) is 5.00 Å². The van der Waals surface area contributed by atoms with Gasteiger partial charge in [-0.3, -0.25) is 4.79 Å². The Morgan fingerprint density at radius 3 is 2.44 bits per heavy atom. The second kappa shape index (κ2) is 7.75. The number of carbonyl (C=O) groups is 1. The number of amides is 1. The van der Waals surface area contributed by atoms with Gasteiger partial charge in [0.25, 0.3) is 5.91 Å². The molecule has 0 unspecified atom stereocenters. The van der Waals surface area contributed by atoms with Crippen molar-refractivity contribution >= 4 is 38.2 Å². The molecule has 1 amide bonds. The lowest BCUT2D eigenvalue weighted by Gasteiger charge is -2.15. The Kier molecular flexibility index (Phi) is 5.59. The summed E-state index contributed by atoms with van der Waals surface area (Å²) in [6, 6.07) is 5.86. The summed E-state index contributed by atoms with van der Waals surface area (Å²) in [5.74, 6) is -0.432. The summed E-state index contributed by atoms with van der Waals surface area (Å²) in [6.45, 7) is 4.64. The van der Waals surface area contributed by atoms with Crippen molar-refractivity contribution in [3.63, 3.8) is 0 Å². The number of hydrogen-bond acceptors (Lipinski definition) is 7. The number of benzene rings is 1. The molecule has 0 radical (unpaired) electrons. The highest BCUT2D eigenvalue weighted by Gasteiger charge is 2.27. The predicted molar refractivity (Wildman–Crippen MR) is 105 cm³/mol. The number of nitrogens with two attached hydrogens (primary N) is 1. The maximum absolute atomic E-state index is 12.5. The molecule has 144 valence electrons. The molecule has 0 atom stereocenters. The van der Waals surface area contributed by atoms with Gasteiger partial charge in [0.15, 0.2) is 0 Å². The first-order valence-corrected chi connectivity index (χ1v) is 10.7. The van der Waals surface area contributed by atoms with Gasteiger partial charge in [-0.15, -0.1) is 0 Å². The minimum Gasteiger partial charge on any atom is -0.389 e. The Labute approximate surface area is 162 Å². The average molecular weight is 408 g/mol. The summed E-state index contributed by atoms with van der Waals surface area (Å²) < 4.78 is 30.6. The first-order valence-electron chi connectivity index (χ1n) is 8.47. The molecule has 1 aromatic heterocycles. The first-order chi connectivity index (χ1) is 12.8. The number of aromatic nitrogens is 1. The summed E-state index contributed by atoms with van der Waals surface area (Å²) in [5, 5.41) is 4.62. The fourth-order valence-electron chi connectivity index (χ4n) is 2.94. The topological polar surface area (TPSA) is 118 Å². The van der Waals surface area contributed by atoms with Crippen LogP contribution in [0.3, 0.4) is 0 Å². The van der Waals surface area contributed by atoms with Crippen LogP contribution >= 0.6 is 11.5 Å². The molecule has 3 N–H and O–H groups in total. The fourth-order valence-corrected chi connectivity index (χ4v) is 5.17. The summed E-state index contributed by atoms with van der Waals surface area (Å²) in [4.78, 5) is 12.5. The second-order valence-electron chi connectivity index (χ2n) is 6.28. The van der Waals surface area contributed by atoms with Crippen molar-refractivity contribution in [1.29, 1.82) is 0 Å². The minimum atomic E-state index is -3.49. The van der Waals surface area contributed by atoms with Crippen molar-refractivity contribution in [1.82, 2.24) is 14.1 Å². The third-order valence-corrected chi connectivity index (χ3v) is 7.07. The quantitative estimate of drug-likeness (QED) is 0.580. The van der Waals surface area contributed by atoms with Crippen LogP contribution in [0, 0.1) is 6.92 Å². The number of carbonyl (C=O) groups excluding carboxylic acids is 1. The molecule has 1 saturated heterocycles. The maximum Gasteiger partial charge on any atom is 0.271 e. The monoisotopic (exact) mass is 407 g/mol.